The monoisotopic (exact) mass is 418 g/mol. The van der Waals surface area contributed by atoms with Crippen molar-refractivity contribution >= 4 is 34.4 Å². The first kappa shape index (κ1) is 20.5. The maximum absolute atomic E-state index is 12.9. The van der Waals surface area contributed by atoms with E-state index in [1.54, 1.807) is 19.1 Å². The zero-order valence-corrected chi connectivity index (χ0v) is 17.4. The number of carbonyl (C=O) groups excluding carboxylic acids is 3. The lowest BCUT2D eigenvalue weighted by molar-refractivity contribution is -0.119. The second kappa shape index (κ2) is 8.55. The Morgan fingerprint density at radius 1 is 1.06 bits per heavy atom. The summed E-state index contributed by atoms with van der Waals surface area (Å²) in [6.45, 7) is 1.36. The molecule has 0 saturated carbocycles. The van der Waals surface area contributed by atoms with Gasteiger partial charge in [0.15, 0.2) is 6.61 Å². The van der Waals surface area contributed by atoms with Crippen molar-refractivity contribution in [2.75, 3.05) is 19.0 Å². The maximum atomic E-state index is 12.9. The van der Waals surface area contributed by atoms with E-state index in [-0.39, 0.29) is 0 Å². The van der Waals surface area contributed by atoms with Crippen molar-refractivity contribution in [3.63, 3.8) is 0 Å². The molecule has 0 radical (unpaired) electrons. The third kappa shape index (κ3) is 4.12. The molecule has 0 fully saturated rings. The van der Waals surface area contributed by atoms with Gasteiger partial charge >= 0.3 is 11.9 Å². The molecule has 0 bridgehead atoms. The number of nitrogens with zero attached hydrogens (tertiary/aromatic N) is 1. The smallest absolute Gasteiger partial charge is 0.339 e. The van der Waals surface area contributed by atoms with Crippen LogP contribution in [0.15, 0.2) is 42.5 Å². The highest BCUT2D eigenvalue weighted by Gasteiger charge is 2.25. The highest BCUT2D eigenvalue weighted by molar-refractivity contribution is 6.06. The number of nitrogens with one attached hydrogen (secondary N) is 1. The Balaban J connectivity index is 1.50. The van der Waals surface area contributed by atoms with Gasteiger partial charge in [-0.15, -0.1) is 0 Å². The molecule has 2 aromatic carbocycles. The molecule has 1 heterocycles. The number of para-hydroxylation sites is 1. The summed E-state index contributed by atoms with van der Waals surface area (Å²) in [6, 6.07) is 12.3. The molecule has 1 aliphatic rings. The van der Waals surface area contributed by atoms with E-state index in [2.05, 4.69) is 10.3 Å². The molecule has 31 heavy (non-hydrogen) atoms. The topological polar surface area (TPSA) is 94.6 Å². The predicted octanol–water partition coefficient (Wildman–Crippen LogP) is 3.61. The number of hydrogen-bond acceptors (Lipinski definition) is 6. The number of aryl methyl sites for hydroxylation is 2. The fourth-order valence-electron chi connectivity index (χ4n) is 3.84. The van der Waals surface area contributed by atoms with Crippen LogP contribution in [0.4, 0.5) is 5.69 Å². The highest BCUT2D eigenvalue weighted by atomic mass is 16.5. The quantitative estimate of drug-likeness (QED) is 0.636. The minimum absolute atomic E-state index is 0.319. The van der Waals surface area contributed by atoms with Gasteiger partial charge in [0.1, 0.15) is 0 Å². The van der Waals surface area contributed by atoms with E-state index in [0.717, 1.165) is 47.0 Å². The molecule has 1 aromatic heterocycles. The number of esters is 2. The van der Waals surface area contributed by atoms with Crippen LogP contribution in [-0.2, 0) is 27.1 Å². The molecule has 7 nitrogen and oxygen atoms in total. The summed E-state index contributed by atoms with van der Waals surface area (Å²) in [5.74, 6) is -1.53. The summed E-state index contributed by atoms with van der Waals surface area (Å²) in [7, 11) is 1.29. The fraction of sp³-hybridized carbons (Fsp3) is 0.250. The number of pyridine rings is 1. The predicted molar refractivity (Wildman–Crippen MR) is 115 cm³/mol. The Kier molecular flexibility index (Phi) is 5.66. The minimum Gasteiger partial charge on any atom is -0.465 e. The van der Waals surface area contributed by atoms with Crippen LogP contribution in [-0.4, -0.2) is 36.5 Å². The number of fused-ring (bicyclic) bond motifs is 2. The number of amides is 1. The van der Waals surface area contributed by atoms with Crippen molar-refractivity contribution in [3.8, 4) is 0 Å². The van der Waals surface area contributed by atoms with E-state index in [9.17, 15) is 14.4 Å². The van der Waals surface area contributed by atoms with Gasteiger partial charge in [-0.1, -0.05) is 24.3 Å². The molecule has 1 aliphatic carbocycles. The standard InChI is InChI=1S/C24H22N2O5/c1-14-10-11-15(23(28)30-2)12-20(14)26-21(27)13-31-24(29)22-16-6-3-4-8-18(16)25-19-9-5-7-17(19)22/h3-4,6,8,10-12H,5,7,9,13H2,1-2H3,(H,26,27). The van der Waals surface area contributed by atoms with Crippen LogP contribution in [0, 0.1) is 6.92 Å². The van der Waals surface area contributed by atoms with Crippen molar-refractivity contribution in [1.82, 2.24) is 4.98 Å². The number of carbonyl (C=O) groups is 3. The van der Waals surface area contributed by atoms with Gasteiger partial charge in [-0.2, -0.15) is 0 Å². The van der Waals surface area contributed by atoms with Gasteiger partial charge in [0.05, 0.1) is 23.8 Å². The fourth-order valence-corrected chi connectivity index (χ4v) is 3.84. The summed E-state index contributed by atoms with van der Waals surface area (Å²) in [5, 5.41) is 3.42. The van der Waals surface area contributed by atoms with E-state index in [4.69, 9.17) is 9.47 Å². The van der Waals surface area contributed by atoms with Crippen molar-refractivity contribution in [2.45, 2.75) is 26.2 Å². The first-order chi connectivity index (χ1) is 15.0. The summed E-state index contributed by atoms with van der Waals surface area (Å²) in [6.07, 6.45) is 2.54. The van der Waals surface area contributed by atoms with Crippen LogP contribution in [0.3, 0.4) is 0 Å². The van der Waals surface area contributed by atoms with Crippen molar-refractivity contribution in [1.29, 1.82) is 0 Å². The SMILES string of the molecule is COC(=O)c1ccc(C)c(NC(=O)COC(=O)c2c3c(nc4ccccc24)CCC3)c1. The van der Waals surface area contributed by atoms with Gasteiger partial charge in [-0.05, 0) is 55.5 Å². The number of hydrogen-bond donors (Lipinski definition) is 1. The van der Waals surface area contributed by atoms with Gasteiger partial charge in [0, 0.05) is 16.8 Å². The number of rotatable bonds is 5. The summed E-state index contributed by atoms with van der Waals surface area (Å²) in [4.78, 5) is 41.8. The van der Waals surface area contributed by atoms with Crippen LogP contribution in [0.2, 0.25) is 0 Å². The Morgan fingerprint density at radius 2 is 1.87 bits per heavy atom. The van der Waals surface area contributed by atoms with Gasteiger partial charge in [-0.3, -0.25) is 9.78 Å². The van der Waals surface area contributed by atoms with Crippen LogP contribution in [0.1, 0.15) is 44.0 Å². The largest absolute Gasteiger partial charge is 0.465 e. The number of anilines is 1. The second-order valence-corrected chi connectivity index (χ2v) is 7.43. The van der Waals surface area contributed by atoms with Crippen LogP contribution in [0.25, 0.3) is 10.9 Å². The summed E-state index contributed by atoms with van der Waals surface area (Å²) in [5.41, 5.74) is 4.62. The van der Waals surface area contributed by atoms with Gasteiger partial charge in [0.2, 0.25) is 0 Å². The summed E-state index contributed by atoms with van der Waals surface area (Å²) >= 11 is 0. The lowest BCUT2D eigenvalue weighted by Gasteiger charge is -2.13. The molecule has 0 saturated heterocycles. The Morgan fingerprint density at radius 3 is 2.68 bits per heavy atom. The average Bonchev–Trinajstić information content (AvgIpc) is 3.24. The lowest BCUT2D eigenvalue weighted by Crippen LogP contribution is -2.22. The summed E-state index contributed by atoms with van der Waals surface area (Å²) < 4.78 is 10.1. The minimum atomic E-state index is -0.535. The van der Waals surface area contributed by atoms with E-state index in [1.165, 1.54) is 13.2 Å². The Labute approximate surface area is 179 Å². The second-order valence-electron chi connectivity index (χ2n) is 7.43. The molecule has 0 atom stereocenters. The zero-order chi connectivity index (χ0) is 22.0. The molecule has 158 valence electrons. The number of aromatic nitrogens is 1. The Bertz CT molecular complexity index is 1200. The first-order valence-corrected chi connectivity index (χ1v) is 10.0. The average molecular weight is 418 g/mol. The van der Waals surface area contributed by atoms with Gasteiger partial charge < -0.3 is 14.8 Å². The van der Waals surface area contributed by atoms with Crippen molar-refractivity contribution in [3.05, 3.63) is 70.4 Å². The van der Waals surface area contributed by atoms with E-state index in [1.807, 2.05) is 24.3 Å². The molecule has 4 rings (SSSR count). The van der Waals surface area contributed by atoms with Crippen LogP contribution >= 0.6 is 0 Å². The van der Waals surface area contributed by atoms with Gasteiger partial charge in [0.25, 0.3) is 5.91 Å². The van der Waals surface area contributed by atoms with Crippen LogP contribution in [0.5, 0.6) is 0 Å². The first-order valence-electron chi connectivity index (χ1n) is 10.0. The lowest BCUT2D eigenvalue weighted by atomic mass is 10.0. The molecular weight excluding hydrogens is 396 g/mol. The molecule has 1 amide bonds. The molecule has 0 aliphatic heterocycles. The third-order valence-corrected chi connectivity index (χ3v) is 5.39. The van der Waals surface area contributed by atoms with Crippen molar-refractivity contribution in [2.24, 2.45) is 0 Å². The Hall–Kier alpha value is -3.74. The maximum Gasteiger partial charge on any atom is 0.339 e. The highest BCUT2D eigenvalue weighted by Crippen LogP contribution is 2.30. The van der Waals surface area contributed by atoms with Crippen LogP contribution < -0.4 is 5.32 Å². The molecule has 7 heteroatoms. The number of benzene rings is 2. The molecule has 3 aromatic rings. The van der Waals surface area contributed by atoms with E-state index in [0.29, 0.717) is 16.8 Å². The molecule has 1 N–H and O–H groups in total. The molecule has 0 spiro atoms. The van der Waals surface area contributed by atoms with E-state index >= 15 is 0 Å². The zero-order valence-electron chi connectivity index (χ0n) is 17.4. The van der Waals surface area contributed by atoms with Crippen molar-refractivity contribution < 1.29 is 23.9 Å². The normalized spacial score (nSPS) is 12.3. The third-order valence-electron chi connectivity index (χ3n) is 5.39. The molecular formula is C24H22N2O5. The molecule has 0 unspecified atom stereocenters. The van der Waals surface area contributed by atoms with Gasteiger partial charge in [-0.25, -0.2) is 9.59 Å². The number of ether oxygens (including phenoxy) is 2. The number of methoxy groups -OCH3 is 1. The van der Waals surface area contributed by atoms with E-state index < -0.39 is 24.5 Å².